The second-order valence-electron chi connectivity index (χ2n) is 6.73. The molecule has 0 aromatic heterocycles. The summed E-state index contributed by atoms with van der Waals surface area (Å²) in [6, 6.07) is 9.21. The van der Waals surface area contributed by atoms with Gasteiger partial charge >= 0.3 is 0 Å². The summed E-state index contributed by atoms with van der Waals surface area (Å²) in [5.74, 6) is 0. The second kappa shape index (κ2) is 7.80. The molecule has 0 bridgehead atoms. The van der Waals surface area contributed by atoms with Gasteiger partial charge in [0.05, 0.1) is 0 Å². The monoisotopic (exact) mass is 276 g/mol. The summed E-state index contributed by atoms with van der Waals surface area (Å²) >= 11 is 0. The van der Waals surface area contributed by atoms with Crippen LogP contribution in [0.2, 0.25) is 0 Å². The fourth-order valence-electron chi connectivity index (χ4n) is 2.43. The average Bonchev–Trinajstić information content (AvgIpc) is 2.39. The van der Waals surface area contributed by atoms with E-state index in [0.717, 1.165) is 32.5 Å². The highest BCUT2D eigenvalue weighted by atomic mass is 15.1. The molecule has 1 unspecified atom stereocenters. The third-order valence-corrected chi connectivity index (χ3v) is 4.03. The van der Waals surface area contributed by atoms with Gasteiger partial charge in [0, 0.05) is 6.04 Å². The zero-order valence-electron chi connectivity index (χ0n) is 13.9. The number of nitrogens with two attached hydrogens (primary N) is 1. The van der Waals surface area contributed by atoms with Gasteiger partial charge in [0.2, 0.25) is 0 Å². The lowest BCUT2D eigenvalue weighted by Crippen LogP contribution is -2.31. The minimum atomic E-state index is 0.226. The van der Waals surface area contributed by atoms with E-state index in [-0.39, 0.29) is 11.5 Å². The maximum atomic E-state index is 6.26. The van der Waals surface area contributed by atoms with E-state index in [0.29, 0.717) is 0 Å². The van der Waals surface area contributed by atoms with Crippen LogP contribution in [0.4, 0.5) is 0 Å². The molecular weight excluding hydrogens is 244 g/mol. The zero-order valence-corrected chi connectivity index (χ0v) is 13.9. The molecule has 0 amide bonds. The number of hydrogen-bond acceptors (Lipinski definition) is 2. The summed E-state index contributed by atoms with van der Waals surface area (Å²) < 4.78 is 0. The van der Waals surface area contributed by atoms with Gasteiger partial charge in [-0.2, -0.15) is 0 Å². The van der Waals surface area contributed by atoms with E-state index >= 15 is 0 Å². The van der Waals surface area contributed by atoms with Crippen molar-refractivity contribution < 1.29 is 0 Å². The lowest BCUT2D eigenvalue weighted by atomic mass is 9.86. The van der Waals surface area contributed by atoms with Crippen molar-refractivity contribution in [1.82, 2.24) is 4.90 Å². The van der Waals surface area contributed by atoms with Crippen LogP contribution in [0.5, 0.6) is 0 Å². The first-order valence-electron chi connectivity index (χ1n) is 7.94. The predicted molar refractivity (Wildman–Crippen MR) is 89.2 cm³/mol. The van der Waals surface area contributed by atoms with Crippen molar-refractivity contribution in [2.24, 2.45) is 5.73 Å². The Balaban J connectivity index is 2.48. The van der Waals surface area contributed by atoms with E-state index in [9.17, 15) is 0 Å². The fourth-order valence-corrected chi connectivity index (χ4v) is 2.43. The molecule has 0 fully saturated rings. The minimum Gasteiger partial charge on any atom is -0.327 e. The first-order valence-corrected chi connectivity index (χ1v) is 7.94. The topological polar surface area (TPSA) is 29.3 Å². The molecular formula is C18H32N2. The second-order valence-corrected chi connectivity index (χ2v) is 6.73. The van der Waals surface area contributed by atoms with Crippen molar-refractivity contribution in [3.8, 4) is 0 Å². The Labute approximate surface area is 125 Å². The van der Waals surface area contributed by atoms with Gasteiger partial charge in [-0.25, -0.2) is 0 Å². The van der Waals surface area contributed by atoms with Gasteiger partial charge in [-0.05, 0) is 49.0 Å². The lowest BCUT2D eigenvalue weighted by Gasteiger charge is -2.21. The fraction of sp³-hybridized carbons (Fsp3) is 0.667. The molecule has 0 saturated heterocycles. The quantitative estimate of drug-likeness (QED) is 0.824. The Morgan fingerprint density at radius 1 is 1.05 bits per heavy atom. The number of rotatable bonds is 7. The smallest absolute Gasteiger partial charge is 0.00914 e. The summed E-state index contributed by atoms with van der Waals surface area (Å²) in [4.78, 5) is 2.43. The van der Waals surface area contributed by atoms with Crippen molar-refractivity contribution in [2.75, 3.05) is 19.6 Å². The van der Waals surface area contributed by atoms with Crippen LogP contribution in [0, 0.1) is 0 Å². The number of benzene rings is 1. The molecule has 1 aromatic carbocycles. The van der Waals surface area contributed by atoms with Crippen molar-refractivity contribution >= 4 is 0 Å². The van der Waals surface area contributed by atoms with E-state index < -0.39 is 0 Å². The highest BCUT2D eigenvalue weighted by molar-refractivity contribution is 5.27. The van der Waals surface area contributed by atoms with Crippen molar-refractivity contribution in [3.05, 3.63) is 35.4 Å². The van der Waals surface area contributed by atoms with E-state index in [1.54, 1.807) is 0 Å². The zero-order chi connectivity index (χ0) is 15.2. The molecule has 1 aromatic rings. The summed E-state index contributed by atoms with van der Waals surface area (Å²) in [5, 5.41) is 0. The first-order chi connectivity index (χ1) is 9.36. The lowest BCUT2D eigenvalue weighted by molar-refractivity contribution is 0.290. The molecule has 20 heavy (non-hydrogen) atoms. The molecule has 0 aliphatic carbocycles. The number of hydrogen-bond donors (Lipinski definition) is 1. The molecule has 0 aliphatic rings. The van der Waals surface area contributed by atoms with Crippen LogP contribution in [0.3, 0.4) is 0 Å². The van der Waals surface area contributed by atoms with Crippen LogP contribution >= 0.6 is 0 Å². The molecule has 1 atom stereocenters. The van der Waals surface area contributed by atoms with Gasteiger partial charge in [0.25, 0.3) is 0 Å². The van der Waals surface area contributed by atoms with Gasteiger partial charge in [-0.1, -0.05) is 58.9 Å². The van der Waals surface area contributed by atoms with E-state index in [4.69, 9.17) is 5.73 Å². The molecule has 2 nitrogen and oxygen atoms in total. The molecule has 114 valence electrons. The highest BCUT2D eigenvalue weighted by Gasteiger charge is 2.13. The summed E-state index contributed by atoms with van der Waals surface area (Å²) in [6.45, 7) is 14.5. The van der Waals surface area contributed by atoms with E-state index in [1.807, 2.05) is 0 Å². The maximum Gasteiger partial charge on any atom is 0.00914 e. The van der Waals surface area contributed by atoms with Gasteiger partial charge < -0.3 is 10.6 Å². The van der Waals surface area contributed by atoms with Crippen LogP contribution in [0.25, 0.3) is 0 Å². The molecule has 0 spiro atoms. The molecule has 0 aliphatic heterocycles. The van der Waals surface area contributed by atoms with Crippen LogP contribution < -0.4 is 5.73 Å². The normalized spacial score (nSPS) is 13.8. The maximum absolute atomic E-state index is 6.26. The van der Waals surface area contributed by atoms with Crippen LogP contribution in [0.15, 0.2) is 24.3 Å². The van der Waals surface area contributed by atoms with Gasteiger partial charge in [0.15, 0.2) is 0 Å². The molecule has 0 saturated carbocycles. The van der Waals surface area contributed by atoms with Crippen LogP contribution in [-0.4, -0.2) is 30.6 Å². The SMILES string of the molecule is CCN(CC)CCC(N)Cc1ccc(C(C)(C)C)cc1. The standard InChI is InChI=1S/C18H32N2/c1-6-20(7-2)13-12-17(19)14-15-8-10-16(11-9-15)18(3,4)5/h8-11,17H,6-7,12-14,19H2,1-5H3. The Morgan fingerprint density at radius 2 is 1.60 bits per heavy atom. The number of nitrogens with zero attached hydrogens (tertiary/aromatic N) is 1. The van der Waals surface area contributed by atoms with Gasteiger partial charge in [-0.3, -0.25) is 0 Å². The van der Waals surface area contributed by atoms with Crippen LogP contribution in [-0.2, 0) is 11.8 Å². The van der Waals surface area contributed by atoms with Crippen molar-refractivity contribution in [2.45, 2.75) is 58.9 Å². The Hall–Kier alpha value is -0.860. The molecule has 1 rings (SSSR count). The van der Waals surface area contributed by atoms with Gasteiger partial charge in [-0.15, -0.1) is 0 Å². The highest BCUT2D eigenvalue weighted by Crippen LogP contribution is 2.22. The van der Waals surface area contributed by atoms with Crippen molar-refractivity contribution in [1.29, 1.82) is 0 Å². The third kappa shape index (κ3) is 5.64. The first kappa shape index (κ1) is 17.2. The summed E-state index contributed by atoms with van der Waals surface area (Å²) in [6.07, 6.45) is 2.05. The van der Waals surface area contributed by atoms with Crippen molar-refractivity contribution in [3.63, 3.8) is 0 Å². The van der Waals surface area contributed by atoms with Gasteiger partial charge in [0.1, 0.15) is 0 Å². The Morgan fingerprint density at radius 3 is 2.05 bits per heavy atom. The predicted octanol–water partition coefficient (Wildman–Crippen LogP) is 3.59. The third-order valence-electron chi connectivity index (χ3n) is 4.03. The van der Waals surface area contributed by atoms with E-state index in [2.05, 4.69) is 63.8 Å². The minimum absolute atomic E-state index is 0.226. The summed E-state index contributed by atoms with van der Waals surface area (Å²) in [5.41, 5.74) is 9.23. The molecule has 0 radical (unpaired) electrons. The Kier molecular flexibility index (Phi) is 6.70. The average molecular weight is 276 g/mol. The molecule has 2 heteroatoms. The largest absolute Gasteiger partial charge is 0.327 e. The van der Waals surface area contributed by atoms with Crippen LogP contribution in [0.1, 0.15) is 52.2 Å². The summed E-state index contributed by atoms with van der Waals surface area (Å²) in [7, 11) is 0. The van der Waals surface area contributed by atoms with E-state index in [1.165, 1.54) is 11.1 Å². The Bertz CT molecular complexity index is 371. The molecule has 0 heterocycles. The molecule has 2 N–H and O–H groups in total.